The molecule has 0 saturated carbocycles. The zero-order valence-electron chi connectivity index (χ0n) is 21.2. The van der Waals surface area contributed by atoms with Crippen molar-refractivity contribution in [2.75, 3.05) is 6.61 Å². The maximum absolute atomic E-state index is 13.1. The van der Waals surface area contributed by atoms with E-state index in [0.29, 0.717) is 0 Å². The van der Waals surface area contributed by atoms with Gasteiger partial charge < -0.3 is 69.7 Å². The molecule has 10 N–H and O–H groups in total. The van der Waals surface area contributed by atoms with Crippen LogP contribution in [-0.4, -0.2) is 113 Å². The molecule has 5 rings (SSSR count). The Labute approximate surface area is 234 Å². The minimum absolute atomic E-state index is 0.0971. The fourth-order valence-electron chi connectivity index (χ4n) is 4.92. The predicted octanol–water partition coefficient (Wildman–Crippen LogP) is -1.65. The van der Waals surface area contributed by atoms with Crippen LogP contribution < -0.4 is 5.43 Å². The molecule has 0 bridgehead atoms. The average molecular weight is 594 g/mol. The van der Waals surface area contributed by atoms with Crippen molar-refractivity contribution in [2.24, 2.45) is 0 Å². The molecule has 0 spiro atoms. The lowest BCUT2D eigenvalue weighted by atomic mass is 9.91. The summed E-state index contributed by atoms with van der Waals surface area (Å²) in [5.41, 5.74) is -1.48. The lowest BCUT2D eigenvalue weighted by Gasteiger charge is -2.44. The molecular formula is C26H26O16. The zero-order valence-corrected chi connectivity index (χ0v) is 21.2. The van der Waals surface area contributed by atoms with E-state index >= 15 is 0 Å². The standard InChI is InChI=1S/C26H26O16/c27-8-2-1-7(3-9(8)28)13-4-10(29)15-14(40-13)5-11(30)16(18(15)33)22-23(17(32)12(31)6-39-22)41-26-21(36)19(34)20(35)24(42-26)25(37)38/h1-5,12,17,19-24,26-28,30-36H,6H2,(H,37,38)/t12-,17+,19+,20+,21-,22+,23-,24+,26-/m1/s1. The Morgan fingerprint density at radius 3 is 2.24 bits per heavy atom. The average Bonchev–Trinajstić information content (AvgIpc) is 2.93. The number of benzene rings is 2. The minimum Gasteiger partial charge on any atom is -0.507 e. The molecule has 1 aromatic heterocycles. The number of hydrogen-bond acceptors (Lipinski definition) is 15. The van der Waals surface area contributed by atoms with Crippen LogP contribution in [0.4, 0.5) is 0 Å². The molecule has 2 fully saturated rings. The fourth-order valence-corrected chi connectivity index (χ4v) is 4.92. The minimum atomic E-state index is -2.06. The van der Waals surface area contributed by atoms with Gasteiger partial charge in [-0.3, -0.25) is 4.79 Å². The van der Waals surface area contributed by atoms with E-state index in [2.05, 4.69) is 0 Å². The smallest absolute Gasteiger partial charge is 0.335 e. The maximum atomic E-state index is 13.1. The first-order valence-electron chi connectivity index (χ1n) is 12.4. The first-order valence-corrected chi connectivity index (χ1v) is 12.4. The Morgan fingerprint density at radius 1 is 0.857 bits per heavy atom. The highest BCUT2D eigenvalue weighted by Crippen LogP contribution is 2.45. The van der Waals surface area contributed by atoms with Crippen LogP contribution in [0.15, 0.2) is 39.5 Å². The number of aromatic hydroxyl groups is 4. The summed E-state index contributed by atoms with van der Waals surface area (Å²) in [7, 11) is 0. The molecule has 2 aliphatic rings. The van der Waals surface area contributed by atoms with Gasteiger partial charge in [0.2, 0.25) is 0 Å². The zero-order chi connectivity index (χ0) is 30.6. The van der Waals surface area contributed by atoms with Gasteiger partial charge in [0.05, 0.1) is 12.2 Å². The number of aliphatic hydroxyl groups is 5. The third-order valence-corrected chi connectivity index (χ3v) is 7.14. The quantitative estimate of drug-likeness (QED) is 0.148. The first kappa shape index (κ1) is 29.5. The Kier molecular flexibility index (Phi) is 7.73. The summed E-state index contributed by atoms with van der Waals surface area (Å²) in [6, 6.07) is 5.52. The molecule has 42 heavy (non-hydrogen) atoms. The second-order valence-electron chi connectivity index (χ2n) is 9.86. The van der Waals surface area contributed by atoms with Crippen LogP contribution in [0.1, 0.15) is 11.7 Å². The van der Waals surface area contributed by atoms with Crippen LogP contribution >= 0.6 is 0 Å². The molecule has 2 aromatic carbocycles. The molecule has 2 aliphatic heterocycles. The predicted molar refractivity (Wildman–Crippen MR) is 134 cm³/mol. The van der Waals surface area contributed by atoms with Crippen molar-refractivity contribution in [1.29, 1.82) is 0 Å². The number of fused-ring (bicyclic) bond motifs is 1. The molecule has 0 unspecified atom stereocenters. The van der Waals surface area contributed by atoms with Gasteiger partial charge in [-0.1, -0.05) is 0 Å². The van der Waals surface area contributed by atoms with Gasteiger partial charge in [-0.15, -0.1) is 0 Å². The fraction of sp³-hybridized carbons (Fsp3) is 0.385. The van der Waals surface area contributed by atoms with Gasteiger partial charge in [-0.2, -0.15) is 0 Å². The van der Waals surface area contributed by atoms with E-state index in [1.807, 2.05) is 0 Å². The normalized spacial score (nSPS) is 31.7. The second-order valence-corrected chi connectivity index (χ2v) is 9.86. The summed E-state index contributed by atoms with van der Waals surface area (Å²) < 4.78 is 21.8. The molecular weight excluding hydrogens is 568 g/mol. The number of phenols is 4. The van der Waals surface area contributed by atoms with Crippen molar-refractivity contribution in [3.8, 4) is 34.3 Å². The SMILES string of the molecule is O=C(O)[C@H]1O[C@@H](O[C@@H]2[C@@H](O)[C@H](O)CO[C@H]2c2c(O)cc3oc(-c4ccc(O)c(O)c4)cc(=O)c3c2O)[C@H](O)[C@@H](O)[C@@H]1O. The summed E-state index contributed by atoms with van der Waals surface area (Å²) in [5, 5.41) is 102. The van der Waals surface area contributed by atoms with Crippen molar-refractivity contribution in [3.63, 3.8) is 0 Å². The van der Waals surface area contributed by atoms with Gasteiger partial charge >= 0.3 is 5.97 Å². The van der Waals surface area contributed by atoms with Gasteiger partial charge in [0.25, 0.3) is 0 Å². The number of carboxylic acids is 1. The van der Waals surface area contributed by atoms with Crippen molar-refractivity contribution in [3.05, 3.63) is 46.1 Å². The van der Waals surface area contributed by atoms with Gasteiger partial charge in [0.1, 0.15) is 71.0 Å². The van der Waals surface area contributed by atoms with Gasteiger partial charge in [0.15, 0.2) is 29.3 Å². The van der Waals surface area contributed by atoms with E-state index in [0.717, 1.165) is 24.3 Å². The number of aliphatic hydroxyl groups excluding tert-OH is 5. The van der Waals surface area contributed by atoms with E-state index in [-0.39, 0.29) is 16.9 Å². The monoisotopic (exact) mass is 594 g/mol. The summed E-state index contributed by atoms with van der Waals surface area (Å²) in [5.74, 6) is -4.34. The largest absolute Gasteiger partial charge is 0.507 e. The molecule has 9 atom stereocenters. The van der Waals surface area contributed by atoms with Crippen LogP contribution in [0.3, 0.4) is 0 Å². The van der Waals surface area contributed by atoms with Gasteiger partial charge in [0, 0.05) is 17.7 Å². The van der Waals surface area contributed by atoms with Crippen molar-refractivity contribution in [1.82, 2.24) is 0 Å². The van der Waals surface area contributed by atoms with Crippen LogP contribution in [-0.2, 0) is 19.0 Å². The number of carboxylic acid groups (broad SMARTS) is 1. The molecule has 0 aliphatic carbocycles. The van der Waals surface area contributed by atoms with Crippen LogP contribution in [0.5, 0.6) is 23.0 Å². The lowest BCUT2D eigenvalue weighted by molar-refractivity contribution is -0.330. The number of phenolic OH excluding ortho intramolecular Hbond substituents is 4. The van der Waals surface area contributed by atoms with Crippen molar-refractivity contribution < 1.29 is 74.5 Å². The van der Waals surface area contributed by atoms with E-state index < -0.39 is 107 Å². The molecule has 16 nitrogen and oxygen atoms in total. The van der Waals surface area contributed by atoms with E-state index in [4.69, 9.17) is 18.6 Å². The van der Waals surface area contributed by atoms with E-state index in [1.54, 1.807) is 0 Å². The summed E-state index contributed by atoms with van der Waals surface area (Å²) >= 11 is 0. The Bertz CT molecular complexity index is 1570. The molecule has 3 heterocycles. The molecule has 16 heteroatoms. The number of aliphatic carboxylic acids is 1. The number of rotatable bonds is 5. The summed E-state index contributed by atoms with van der Waals surface area (Å²) in [4.78, 5) is 24.6. The van der Waals surface area contributed by atoms with Gasteiger partial charge in [-0.05, 0) is 18.2 Å². The summed E-state index contributed by atoms with van der Waals surface area (Å²) in [6.07, 6.45) is -17.2. The van der Waals surface area contributed by atoms with E-state index in [9.17, 15) is 60.7 Å². The Morgan fingerprint density at radius 2 is 1.57 bits per heavy atom. The molecule has 0 amide bonds. The Balaban J connectivity index is 1.55. The van der Waals surface area contributed by atoms with Crippen molar-refractivity contribution in [2.45, 2.75) is 55.1 Å². The van der Waals surface area contributed by atoms with Crippen LogP contribution in [0.25, 0.3) is 22.3 Å². The van der Waals surface area contributed by atoms with Crippen LogP contribution in [0, 0.1) is 0 Å². The van der Waals surface area contributed by atoms with E-state index in [1.165, 1.54) is 6.07 Å². The first-order chi connectivity index (χ1) is 19.8. The Hall–Kier alpha value is -4.00. The number of hydrogen-bond donors (Lipinski definition) is 10. The highest BCUT2D eigenvalue weighted by Gasteiger charge is 2.51. The topological polar surface area (TPSA) is 277 Å². The molecule has 0 radical (unpaired) electrons. The van der Waals surface area contributed by atoms with Crippen LogP contribution in [0.2, 0.25) is 0 Å². The molecule has 226 valence electrons. The van der Waals surface area contributed by atoms with Crippen molar-refractivity contribution >= 4 is 16.9 Å². The summed E-state index contributed by atoms with van der Waals surface area (Å²) in [6.45, 7) is -0.562. The molecule has 2 saturated heterocycles. The number of carbonyl (C=O) groups is 1. The lowest BCUT2D eigenvalue weighted by Crippen LogP contribution is -2.62. The highest BCUT2D eigenvalue weighted by atomic mass is 16.7. The maximum Gasteiger partial charge on any atom is 0.335 e. The third kappa shape index (κ3) is 4.99. The second kappa shape index (κ2) is 11.0. The number of ether oxygens (including phenoxy) is 3. The third-order valence-electron chi connectivity index (χ3n) is 7.14. The van der Waals surface area contributed by atoms with Gasteiger partial charge in [-0.25, -0.2) is 4.79 Å². The highest BCUT2D eigenvalue weighted by molar-refractivity contribution is 5.88. The molecule has 3 aromatic rings.